The fraction of sp³-hybridized carbons (Fsp3) is 0.600. The van der Waals surface area contributed by atoms with Crippen LogP contribution >= 0.6 is 0 Å². The second kappa shape index (κ2) is 6.12. The van der Waals surface area contributed by atoms with Gasteiger partial charge in [-0.3, -0.25) is 0 Å². The van der Waals surface area contributed by atoms with Gasteiger partial charge in [-0.1, -0.05) is 0 Å². The van der Waals surface area contributed by atoms with Crippen molar-refractivity contribution >= 4 is 0 Å². The SMILES string of the molecule is [C-]#CCN(C)C.[Li+]. The zero-order valence-electron chi connectivity index (χ0n) is 5.15. The van der Waals surface area contributed by atoms with Crippen molar-refractivity contribution in [3.8, 4) is 5.92 Å². The van der Waals surface area contributed by atoms with Crippen LogP contribution in [0.15, 0.2) is 0 Å². The van der Waals surface area contributed by atoms with Gasteiger partial charge in [0.05, 0.1) is 0 Å². The van der Waals surface area contributed by atoms with Gasteiger partial charge in [-0.05, 0) is 14.1 Å². The maximum absolute atomic E-state index is 6.44. The third-order valence-electron chi connectivity index (χ3n) is 0.395. The van der Waals surface area contributed by atoms with Crippen LogP contribution in [0.5, 0.6) is 0 Å². The van der Waals surface area contributed by atoms with Gasteiger partial charge in [0.25, 0.3) is 0 Å². The first-order chi connectivity index (χ1) is 2.77. The maximum atomic E-state index is 6.44. The van der Waals surface area contributed by atoms with Crippen LogP contribution < -0.4 is 18.9 Å². The van der Waals surface area contributed by atoms with E-state index in [0.29, 0.717) is 6.54 Å². The number of nitrogens with zero attached hydrogens (tertiary/aromatic N) is 1. The molecule has 0 radical (unpaired) electrons. The van der Waals surface area contributed by atoms with Crippen LogP contribution in [-0.4, -0.2) is 25.5 Å². The molecule has 34 valence electrons. The quantitative estimate of drug-likeness (QED) is 0.190. The molecule has 0 N–H and O–H groups in total. The van der Waals surface area contributed by atoms with E-state index in [0.717, 1.165) is 0 Å². The van der Waals surface area contributed by atoms with E-state index in [1.54, 1.807) is 0 Å². The van der Waals surface area contributed by atoms with Gasteiger partial charge in [-0.15, -0.1) is 0 Å². The Balaban J connectivity index is 0. The number of hydrogen-bond donors (Lipinski definition) is 0. The second-order valence-corrected chi connectivity index (χ2v) is 1.41. The van der Waals surface area contributed by atoms with Crippen LogP contribution in [-0.2, 0) is 0 Å². The van der Waals surface area contributed by atoms with Crippen LogP contribution in [0.1, 0.15) is 0 Å². The molecule has 0 aliphatic rings. The minimum Gasteiger partial charge on any atom is -0.692 e. The molecule has 0 aromatic rings. The van der Waals surface area contributed by atoms with Crippen LogP contribution in [0, 0.1) is 12.3 Å². The Labute approximate surface area is 57.3 Å². The normalized spacial score (nSPS) is 7.14. The average molecular weight is 89.1 g/mol. The average Bonchev–Trinajstić information content (AvgIpc) is 1.35. The molecule has 0 aromatic heterocycles. The van der Waals surface area contributed by atoms with Gasteiger partial charge in [0.2, 0.25) is 0 Å². The Hall–Kier alpha value is 0.117. The molecule has 0 fully saturated rings. The largest absolute Gasteiger partial charge is 1.00 e. The molecular formula is C5H8LiN. The summed E-state index contributed by atoms with van der Waals surface area (Å²) in [5.41, 5.74) is 0. The van der Waals surface area contributed by atoms with E-state index in [-0.39, 0.29) is 18.9 Å². The zero-order valence-corrected chi connectivity index (χ0v) is 5.15. The molecule has 7 heavy (non-hydrogen) atoms. The van der Waals surface area contributed by atoms with E-state index in [1.807, 2.05) is 19.0 Å². The van der Waals surface area contributed by atoms with Gasteiger partial charge in [0.1, 0.15) is 0 Å². The molecule has 0 spiro atoms. The molecule has 0 rings (SSSR count). The predicted octanol–water partition coefficient (Wildman–Crippen LogP) is -2.86. The molecule has 2 heteroatoms. The minimum atomic E-state index is 0. The summed E-state index contributed by atoms with van der Waals surface area (Å²) in [4.78, 5) is 1.88. The van der Waals surface area contributed by atoms with Crippen LogP contribution in [0.4, 0.5) is 0 Å². The molecule has 0 saturated carbocycles. The molecular weight excluding hydrogens is 81.0 g/mol. The summed E-state index contributed by atoms with van der Waals surface area (Å²) in [5.74, 6) is 2.24. The maximum Gasteiger partial charge on any atom is 1.00 e. The van der Waals surface area contributed by atoms with Crippen molar-refractivity contribution in [2.45, 2.75) is 0 Å². The fourth-order valence-electron chi connectivity index (χ4n) is 0.158. The third-order valence-corrected chi connectivity index (χ3v) is 0.395. The van der Waals surface area contributed by atoms with Gasteiger partial charge >= 0.3 is 18.9 Å². The van der Waals surface area contributed by atoms with E-state index in [9.17, 15) is 0 Å². The Morgan fingerprint density at radius 3 is 2.00 bits per heavy atom. The van der Waals surface area contributed by atoms with E-state index >= 15 is 0 Å². The summed E-state index contributed by atoms with van der Waals surface area (Å²) in [6, 6.07) is 0. The monoisotopic (exact) mass is 89.1 g/mol. The first-order valence-electron chi connectivity index (χ1n) is 1.81. The fourth-order valence-corrected chi connectivity index (χ4v) is 0.158. The molecule has 0 unspecified atom stereocenters. The molecule has 1 nitrogen and oxygen atoms in total. The number of hydrogen-bond acceptors (Lipinski definition) is 1. The molecule has 0 atom stereocenters. The Morgan fingerprint density at radius 1 is 1.57 bits per heavy atom. The van der Waals surface area contributed by atoms with Gasteiger partial charge < -0.3 is 17.2 Å². The molecule has 0 aliphatic carbocycles. The predicted molar refractivity (Wildman–Crippen MR) is 25.7 cm³/mol. The first kappa shape index (κ1) is 10.2. The summed E-state index contributed by atoms with van der Waals surface area (Å²) in [6.07, 6.45) is 6.44. The van der Waals surface area contributed by atoms with Gasteiger partial charge in [0, 0.05) is 6.54 Å². The van der Waals surface area contributed by atoms with Crippen LogP contribution in [0.3, 0.4) is 0 Å². The molecule has 0 saturated heterocycles. The van der Waals surface area contributed by atoms with E-state index < -0.39 is 0 Å². The minimum absolute atomic E-state index is 0. The Morgan fingerprint density at radius 2 is 2.00 bits per heavy atom. The van der Waals surface area contributed by atoms with Crippen molar-refractivity contribution in [3.63, 3.8) is 0 Å². The summed E-state index contributed by atoms with van der Waals surface area (Å²) in [6.45, 7) is 0.625. The summed E-state index contributed by atoms with van der Waals surface area (Å²) in [5, 5.41) is 0. The van der Waals surface area contributed by atoms with E-state index in [2.05, 4.69) is 5.92 Å². The second-order valence-electron chi connectivity index (χ2n) is 1.41. The molecule has 0 amide bonds. The van der Waals surface area contributed by atoms with Gasteiger partial charge in [-0.25, -0.2) is 0 Å². The van der Waals surface area contributed by atoms with Crippen molar-refractivity contribution in [2.24, 2.45) is 0 Å². The van der Waals surface area contributed by atoms with E-state index in [1.165, 1.54) is 0 Å². The van der Waals surface area contributed by atoms with Gasteiger partial charge in [0.15, 0.2) is 0 Å². The Bertz CT molecular complexity index is 63.0. The van der Waals surface area contributed by atoms with Crippen molar-refractivity contribution in [1.82, 2.24) is 4.90 Å². The summed E-state index contributed by atoms with van der Waals surface area (Å²) < 4.78 is 0. The van der Waals surface area contributed by atoms with Crippen molar-refractivity contribution < 1.29 is 18.9 Å². The molecule has 0 heterocycles. The van der Waals surface area contributed by atoms with Crippen molar-refractivity contribution in [3.05, 3.63) is 6.42 Å². The zero-order chi connectivity index (χ0) is 4.99. The Kier molecular flexibility index (Phi) is 8.89. The third kappa shape index (κ3) is 10.7. The summed E-state index contributed by atoms with van der Waals surface area (Å²) >= 11 is 0. The molecule has 0 aliphatic heterocycles. The van der Waals surface area contributed by atoms with Crippen molar-refractivity contribution in [1.29, 1.82) is 0 Å². The van der Waals surface area contributed by atoms with Crippen LogP contribution in [0.2, 0.25) is 0 Å². The molecule has 0 aromatic carbocycles. The molecule has 0 bridgehead atoms. The number of rotatable bonds is 1. The van der Waals surface area contributed by atoms with Gasteiger partial charge in [-0.2, -0.15) is 0 Å². The van der Waals surface area contributed by atoms with E-state index in [4.69, 9.17) is 6.42 Å². The van der Waals surface area contributed by atoms with Crippen LogP contribution in [0.25, 0.3) is 0 Å². The standard InChI is InChI=1S/C5H8N.Li/c1-4-5-6(2)3;/h5H2,2-3H3;/q-1;+1. The topological polar surface area (TPSA) is 3.24 Å². The first-order valence-corrected chi connectivity index (χ1v) is 1.81. The summed E-state index contributed by atoms with van der Waals surface area (Å²) in [7, 11) is 3.81. The van der Waals surface area contributed by atoms with Crippen molar-refractivity contribution in [2.75, 3.05) is 20.6 Å². The smallest absolute Gasteiger partial charge is 0.692 e.